The van der Waals surface area contributed by atoms with Gasteiger partial charge < -0.3 is 15.0 Å². The molecule has 0 aromatic heterocycles. The van der Waals surface area contributed by atoms with Gasteiger partial charge in [-0.1, -0.05) is 26.2 Å². The number of allylic oxidation sites excluding steroid dienone is 2. The van der Waals surface area contributed by atoms with Gasteiger partial charge in [0.25, 0.3) is 0 Å². The largest absolute Gasteiger partial charge is 0.375 e. The van der Waals surface area contributed by atoms with Crippen molar-refractivity contribution in [2.45, 2.75) is 52.5 Å². The maximum absolute atomic E-state index is 5.82. The lowest BCUT2D eigenvalue weighted by atomic mass is 10.4. The summed E-state index contributed by atoms with van der Waals surface area (Å²) in [6.45, 7) is 18.6. The maximum atomic E-state index is 5.82. The Morgan fingerprint density at radius 3 is 2.48 bits per heavy atom. The molecule has 0 aromatic rings. The van der Waals surface area contributed by atoms with Crippen LogP contribution in [-0.2, 0) is 4.74 Å². The van der Waals surface area contributed by atoms with Crippen molar-refractivity contribution in [3.63, 3.8) is 0 Å². The first kappa shape index (κ1) is 19.9. The Morgan fingerprint density at radius 2 is 2.00 bits per heavy atom. The molecule has 5 heteroatoms. The molecule has 0 atom stereocenters. The zero-order valence-corrected chi connectivity index (χ0v) is 15.9. The van der Waals surface area contributed by atoms with Crippen LogP contribution in [0.2, 0.25) is 25.7 Å². The minimum atomic E-state index is -1.04. The van der Waals surface area contributed by atoms with Crippen molar-refractivity contribution in [3.05, 3.63) is 24.2 Å². The van der Waals surface area contributed by atoms with Crippen LogP contribution in [0, 0.1) is 0 Å². The third kappa shape index (κ3) is 10.3. The summed E-state index contributed by atoms with van der Waals surface area (Å²) in [6.07, 6.45) is 3.84. The fourth-order valence-corrected chi connectivity index (χ4v) is 2.23. The average molecular weight is 312 g/mol. The molecule has 0 radical (unpaired) electrons. The first-order valence-electron chi connectivity index (χ1n) is 7.59. The molecule has 0 bridgehead atoms. The Balaban J connectivity index is 4.55. The number of ether oxygens (including phenoxy) is 1. The van der Waals surface area contributed by atoms with E-state index >= 15 is 0 Å². The molecule has 0 unspecified atom stereocenters. The molecular weight excluding hydrogens is 278 g/mol. The van der Waals surface area contributed by atoms with Crippen LogP contribution in [0.3, 0.4) is 0 Å². The number of hydrogen-bond donors (Lipinski definition) is 1. The number of rotatable bonds is 10. The Hall–Kier alpha value is -1.07. The molecule has 0 aliphatic rings. The van der Waals surface area contributed by atoms with Gasteiger partial charge in [0.15, 0.2) is 0 Å². The average Bonchev–Trinajstić information content (AvgIpc) is 2.36. The van der Waals surface area contributed by atoms with E-state index < -0.39 is 8.07 Å². The Kier molecular flexibility index (Phi) is 9.29. The smallest absolute Gasteiger partial charge is 0.124 e. The van der Waals surface area contributed by atoms with Gasteiger partial charge in [-0.3, -0.25) is 4.99 Å². The number of nitrogens with zero attached hydrogens (tertiary/aromatic N) is 2. The monoisotopic (exact) mass is 311 g/mol. The Bertz CT molecular complexity index is 370. The summed E-state index contributed by atoms with van der Waals surface area (Å²) in [6, 6.07) is 1.48. The molecule has 0 heterocycles. The number of hydrogen-bond acceptors (Lipinski definition) is 4. The van der Waals surface area contributed by atoms with E-state index in [-0.39, 0.29) is 0 Å². The summed E-state index contributed by atoms with van der Waals surface area (Å²) in [5.41, 5.74) is 1.06. The quantitative estimate of drug-likeness (QED) is 0.289. The van der Waals surface area contributed by atoms with E-state index in [2.05, 4.69) is 50.4 Å². The predicted molar refractivity (Wildman–Crippen MR) is 96.4 cm³/mol. The minimum absolute atomic E-state index is 0.308. The SMILES string of the molecule is C=C(NC)N(COCC[Si](C)(C)C)/C(C)=C/C=N\C(C)C. The molecular formula is C16H33N3OSi. The second-order valence-corrected chi connectivity index (χ2v) is 12.3. The van der Waals surface area contributed by atoms with Gasteiger partial charge in [-0.25, -0.2) is 0 Å². The van der Waals surface area contributed by atoms with E-state index in [0.717, 1.165) is 18.1 Å². The van der Waals surface area contributed by atoms with Crippen molar-refractivity contribution in [2.75, 3.05) is 20.4 Å². The molecule has 0 aromatic carbocycles. The summed E-state index contributed by atoms with van der Waals surface area (Å²) >= 11 is 0. The number of nitrogens with one attached hydrogen (secondary N) is 1. The van der Waals surface area contributed by atoms with E-state index in [9.17, 15) is 0 Å². The van der Waals surface area contributed by atoms with E-state index in [0.29, 0.717) is 12.8 Å². The molecule has 0 saturated carbocycles. The summed E-state index contributed by atoms with van der Waals surface area (Å²) in [4.78, 5) is 6.37. The molecule has 122 valence electrons. The highest BCUT2D eigenvalue weighted by atomic mass is 28.3. The van der Waals surface area contributed by atoms with Gasteiger partial charge in [0.2, 0.25) is 0 Å². The van der Waals surface area contributed by atoms with Crippen LogP contribution in [0.4, 0.5) is 0 Å². The molecule has 0 amide bonds. The van der Waals surface area contributed by atoms with Crippen molar-refractivity contribution in [2.24, 2.45) is 4.99 Å². The second kappa shape index (κ2) is 9.79. The second-order valence-electron chi connectivity index (χ2n) is 6.67. The fourth-order valence-electron chi connectivity index (χ4n) is 1.47. The highest BCUT2D eigenvalue weighted by molar-refractivity contribution is 6.76. The van der Waals surface area contributed by atoms with E-state index in [1.165, 1.54) is 6.04 Å². The van der Waals surface area contributed by atoms with Gasteiger partial charge in [-0.2, -0.15) is 0 Å². The van der Waals surface area contributed by atoms with Gasteiger partial charge in [-0.15, -0.1) is 0 Å². The minimum Gasteiger partial charge on any atom is -0.375 e. The third-order valence-corrected chi connectivity index (χ3v) is 4.66. The summed E-state index contributed by atoms with van der Waals surface area (Å²) < 4.78 is 5.82. The first-order chi connectivity index (χ1) is 9.67. The topological polar surface area (TPSA) is 36.9 Å². The third-order valence-electron chi connectivity index (χ3n) is 2.96. The lowest BCUT2D eigenvalue weighted by Crippen LogP contribution is -2.31. The highest BCUT2D eigenvalue weighted by Gasteiger charge is 2.13. The molecule has 21 heavy (non-hydrogen) atoms. The van der Waals surface area contributed by atoms with Crippen molar-refractivity contribution in [1.82, 2.24) is 10.2 Å². The van der Waals surface area contributed by atoms with Gasteiger partial charge in [0, 0.05) is 39.7 Å². The van der Waals surface area contributed by atoms with Crippen molar-refractivity contribution >= 4 is 14.3 Å². The molecule has 0 aliphatic carbocycles. The van der Waals surface area contributed by atoms with Gasteiger partial charge in [0.05, 0.1) is 5.82 Å². The fraction of sp³-hybridized carbons (Fsp3) is 0.688. The van der Waals surface area contributed by atoms with Crippen LogP contribution >= 0.6 is 0 Å². The van der Waals surface area contributed by atoms with Crippen molar-refractivity contribution < 1.29 is 4.74 Å². The van der Waals surface area contributed by atoms with Crippen LogP contribution in [0.15, 0.2) is 29.2 Å². The summed E-state index contributed by atoms with van der Waals surface area (Å²) in [5.74, 6) is 0.828. The molecule has 0 aliphatic heterocycles. The Labute approximate surface area is 132 Å². The molecule has 4 nitrogen and oxygen atoms in total. The highest BCUT2D eigenvalue weighted by Crippen LogP contribution is 2.11. The lowest BCUT2D eigenvalue weighted by Gasteiger charge is -2.27. The van der Waals surface area contributed by atoms with Crippen molar-refractivity contribution in [3.8, 4) is 0 Å². The zero-order chi connectivity index (χ0) is 16.5. The van der Waals surface area contributed by atoms with E-state index in [1.807, 2.05) is 31.2 Å². The lowest BCUT2D eigenvalue weighted by molar-refractivity contribution is 0.0694. The Morgan fingerprint density at radius 1 is 1.38 bits per heavy atom. The molecule has 0 fully saturated rings. The standard InChI is InChI=1S/C16H33N3OSi/c1-14(2)18-10-9-15(3)19(16(4)17-5)13-20-11-12-21(6,7)8/h9-10,14,17H,4,11-13H2,1-3,5-8H3/b15-9+,18-10-. The van der Waals surface area contributed by atoms with Gasteiger partial charge in [0.1, 0.15) is 6.73 Å². The number of aliphatic imine (C=N–C) groups is 1. The normalized spacial score (nSPS) is 13.0. The zero-order valence-electron chi connectivity index (χ0n) is 14.9. The van der Waals surface area contributed by atoms with E-state index in [4.69, 9.17) is 4.74 Å². The van der Waals surface area contributed by atoms with Gasteiger partial charge >= 0.3 is 0 Å². The van der Waals surface area contributed by atoms with Crippen LogP contribution in [-0.4, -0.2) is 45.6 Å². The van der Waals surface area contributed by atoms with Gasteiger partial charge in [-0.05, 0) is 32.9 Å². The van der Waals surface area contributed by atoms with Crippen LogP contribution in [0.5, 0.6) is 0 Å². The van der Waals surface area contributed by atoms with Crippen LogP contribution in [0.1, 0.15) is 20.8 Å². The summed E-state index contributed by atoms with van der Waals surface area (Å²) in [5, 5.41) is 3.08. The van der Waals surface area contributed by atoms with E-state index in [1.54, 1.807) is 0 Å². The molecule has 0 rings (SSSR count). The first-order valence-corrected chi connectivity index (χ1v) is 11.3. The van der Waals surface area contributed by atoms with Crippen LogP contribution in [0.25, 0.3) is 0 Å². The van der Waals surface area contributed by atoms with Crippen LogP contribution < -0.4 is 5.32 Å². The summed E-state index contributed by atoms with van der Waals surface area (Å²) in [7, 11) is 0.825. The van der Waals surface area contributed by atoms with Crippen molar-refractivity contribution in [1.29, 1.82) is 0 Å². The molecule has 0 saturated heterocycles. The molecule has 1 N–H and O–H groups in total. The maximum Gasteiger partial charge on any atom is 0.124 e. The molecule has 0 spiro atoms. The predicted octanol–water partition coefficient (Wildman–Crippen LogP) is 3.67.